The summed E-state index contributed by atoms with van der Waals surface area (Å²) in [6.07, 6.45) is 1.64. The minimum atomic E-state index is -0.0948. The molecule has 0 bridgehead atoms. The number of benzene rings is 2. The molecule has 158 valence electrons. The van der Waals surface area contributed by atoms with E-state index in [9.17, 15) is 4.79 Å². The van der Waals surface area contributed by atoms with E-state index in [0.29, 0.717) is 30.3 Å². The molecule has 5 nitrogen and oxygen atoms in total. The van der Waals surface area contributed by atoms with Crippen LogP contribution >= 0.6 is 12.2 Å². The SMILES string of the molecule is Cc1cc2cc(CN(Cc3ccccc3)C(=S)NCc3ccco3)c(=O)[nH]c2cc1C. The highest BCUT2D eigenvalue weighted by Gasteiger charge is 2.15. The number of hydrogen-bond donors (Lipinski definition) is 2. The molecule has 0 radical (unpaired) electrons. The van der Waals surface area contributed by atoms with E-state index in [1.807, 2.05) is 54.3 Å². The summed E-state index contributed by atoms with van der Waals surface area (Å²) in [7, 11) is 0. The van der Waals surface area contributed by atoms with Gasteiger partial charge in [0, 0.05) is 17.6 Å². The quantitative estimate of drug-likeness (QED) is 0.429. The molecule has 2 N–H and O–H groups in total. The number of aryl methyl sites for hydroxylation is 2. The second-order valence-corrected chi connectivity index (χ2v) is 8.11. The highest BCUT2D eigenvalue weighted by molar-refractivity contribution is 7.80. The van der Waals surface area contributed by atoms with Gasteiger partial charge < -0.3 is 19.6 Å². The van der Waals surface area contributed by atoms with Crippen LogP contribution in [0, 0.1) is 13.8 Å². The topological polar surface area (TPSA) is 61.3 Å². The summed E-state index contributed by atoms with van der Waals surface area (Å²) >= 11 is 5.68. The molecule has 0 saturated carbocycles. The van der Waals surface area contributed by atoms with E-state index < -0.39 is 0 Å². The van der Waals surface area contributed by atoms with E-state index in [-0.39, 0.29) is 5.56 Å². The van der Waals surface area contributed by atoms with Crippen LogP contribution in [0.3, 0.4) is 0 Å². The number of aromatic amines is 1. The first kappa shape index (κ1) is 20.9. The molecule has 2 aromatic heterocycles. The standard InChI is InChI=1S/C25H25N3O2S/c1-17-11-20-13-21(24(29)27-23(20)12-18(17)2)16-28(15-19-7-4-3-5-8-19)25(31)26-14-22-9-6-10-30-22/h3-13H,14-16H2,1-2H3,(H,26,31)(H,27,29). The lowest BCUT2D eigenvalue weighted by molar-refractivity contribution is 0.393. The second kappa shape index (κ2) is 9.18. The molecule has 6 heteroatoms. The van der Waals surface area contributed by atoms with Crippen LogP contribution in [0.4, 0.5) is 0 Å². The van der Waals surface area contributed by atoms with Gasteiger partial charge in [-0.2, -0.15) is 0 Å². The van der Waals surface area contributed by atoms with Gasteiger partial charge in [0.25, 0.3) is 5.56 Å². The molecular formula is C25H25N3O2S. The highest BCUT2D eigenvalue weighted by atomic mass is 32.1. The summed E-state index contributed by atoms with van der Waals surface area (Å²) in [4.78, 5) is 17.9. The molecule has 0 aliphatic heterocycles. The lowest BCUT2D eigenvalue weighted by Gasteiger charge is -2.26. The molecule has 2 heterocycles. The largest absolute Gasteiger partial charge is 0.467 e. The number of H-pyrrole nitrogens is 1. The Balaban J connectivity index is 1.61. The molecular weight excluding hydrogens is 406 g/mol. The number of thiocarbonyl (C=S) groups is 1. The van der Waals surface area contributed by atoms with Crippen LogP contribution < -0.4 is 10.9 Å². The molecule has 0 aliphatic rings. The Morgan fingerprint density at radius 3 is 2.55 bits per heavy atom. The fraction of sp³-hybridized carbons (Fsp3) is 0.200. The molecule has 0 fully saturated rings. The number of nitrogens with one attached hydrogen (secondary N) is 2. The fourth-order valence-electron chi connectivity index (χ4n) is 3.54. The molecule has 0 aliphatic carbocycles. The Labute approximate surface area is 186 Å². The maximum absolute atomic E-state index is 12.8. The molecule has 0 unspecified atom stereocenters. The first-order valence-electron chi connectivity index (χ1n) is 10.2. The van der Waals surface area contributed by atoms with E-state index >= 15 is 0 Å². The normalized spacial score (nSPS) is 10.9. The van der Waals surface area contributed by atoms with E-state index in [4.69, 9.17) is 16.6 Å². The summed E-state index contributed by atoms with van der Waals surface area (Å²) in [5.41, 5.74) is 4.90. The Kier molecular flexibility index (Phi) is 6.18. The molecule has 0 spiro atoms. The summed E-state index contributed by atoms with van der Waals surface area (Å²) in [5, 5.41) is 4.84. The predicted octanol–water partition coefficient (Wildman–Crippen LogP) is 4.81. The highest BCUT2D eigenvalue weighted by Crippen LogP contribution is 2.18. The van der Waals surface area contributed by atoms with E-state index in [1.54, 1.807) is 6.26 Å². The average Bonchev–Trinajstić information content (AvgIpc) is 3.28. The lowest BCUT2D eigenvalue weighted by Crippen LogP contribution is -2.39. The van der Waals surface area contributed by atoms with Crippen LogP contribution in [0.5, 0.6) is 0 Å². The zero-order chi connectivity index (χ0) is 21.8. The Morgan fingerprint density at radius 2 is 1.81 bits per heavy atom. The minimum Gasteiger partial charge on any atom is -0.467 e. The van der Waals surface area contributed by atoms with Crippen LogP contribution in [0.2, 0.25) is 0 Å². The van der Waals surface area contributed by atoms with Crippen molar-refractivity contribution in [3.8, 4) is 0 Å². The van der Waals surface area contributed by atoms with Crippen LogP contribution in [0.1, 0.15) is 28.0 Å². The van der Waals surface area contributed by atoms with Crippen molar-refractivity contribution in [2.75, 3.05) is 0 Å². The van der Waals surface area contributed by atoms with Crippen molar-refractivity contribution in [1.29, 1.82) is 0 Å². The van der Waals surface area contributed by atoms with Gasteiger partial charge in [-0.3, -0.25) is 4.79 Å². The van der Waals surface area contributed by atoms with Crippen molar-refractivity contribution in [1.82, 2.24) is 15.2 Å². The molecule has 4 aromatic rings. The van der Waals surface area contributed by atoms with Crippen molar-refractivity contribution in [3.05, 3.63) is 105 Å². The maximum Gasteiger partial charge on any atom is 0.253 e. The first-order chi connectivity index (χ1) is 15.0. The maximum atomic E-state index is 12.8. The molecule has 4 rings (SSSR count). The van der Waals surface area contributed by atoms with Gasteiger partial charge in [-0.25, -0.2) is 0 Å². The van der Waals surface area contributed by atoms with Crippen molar-refractivity contribution in [3.63, 3.8) is 0 Å². The predicted molar refractivity (Wildman–Crippen MR) is 128 cm³/mol. The number of hydrogen-bond acceptors (Lipinski definition) is 3. The second-order valence-electron chi connectivity index (χ2n) is 7.73. The van der Waals surface area contributed by atoms with Crippen molar-refractivity contribution >= 4 is 28.2 Å². The van der Waals surface area contributed by atoms with Gasteiger partial charge in [0.2, 0.25) is 0 Å². The summed E-state index contributed by atoms with van der Waals surface area (Å²) in [6, 6.07) is 19.9. The zero-order valence-electron chi connectivity index (χ0n) is 17.6. The van der Waals surface area contributed by atoms with E-state index in [1.165, 1.54) is 5.56 Å². The number of pyridine rings is 1. The number of furan rings is 1. The summed E-state index contributed by atoms with van der Waals surface area (Å²) in [5.74, 6) is 0.802. The van der Waals surface area contributed by atoms with E-state index in [0.717, 1.165) is 27.8 Å². The molecule has 0 amide bonds. The fourth-order valence-corrected chi connectivity index (χ4v) is 3.74. The van der Waals surface area contributed by atoms with Gasteiger partial charge in [0.15, 0.2) is 5.11 Å². The Bertz CT molecular complexity index is 1250. The van der Waals surface area contributed by atoms with Crippen LogP contribution in [0.15, 0.2) is 76.1 Å². The van der Waals surface area contributed by atoms with Gasteiger partial charge in [-0.05, 0) is 78.5 Å². The Morgan fingerprint density at radius 1 is 1.03 bits per heavy atom. The smallest absolute Gasteiger partial charge is 0.253 e. The van der Waals surface area contributed by atoms with Gasteiger partial charge in [-0.15, -0.1) is 0 Å². The van der Waals surface area contributed by atoms with Crippen LogP contribution in [-0.2, 0) is 19.6 Å². The molecule has 0 atom stereocenters. The van der Waals surface area contributed by atoms with Crippen molar-refractivity contribution < 1.29 is 4.42 Å². The van der Waals surface area contributed by atoms with Crippen LogP contribution in [-0.4, -0.2) is 15.0 Å². The van der Waals surface area contributed by atoms with Crippen LogP contribution in [0.25, 0.3) is 10.9 Å². The lowest BCUT2D eigenvalue weighted by atomic mass is 10.0. The number of fused-ring (bicyclic) bond motifs is 1. The van der Waals surface area contributed by atoms with Crippen molar-refractivity contribution in [2.45, 2.75) is 33.5 Å². The summed E-state index contributed by atoms with van der Waals surface area (Å²) < 4.78 is 5.39. The Hall–Kier alpha value is -3.38. The van der Waals surface area contributed by atoms with Gasteiger partial charge >= 0.3 is 0 Å². The van der Waals surface area contributed by atoms with E-state index in [2.05, 4.69) is 35.4 Å². The van der Waals surface area contributed by atoms with Gasteiger partial charge in [0.1, 0.15) is 5.76 Å². The van der Waals surface area contributed by atoms with Gasteiger partial charge in [-0.1, -0.05) is 30.3 Å². The first-order valence-corrected chi connectivity index (χ1v) is 10.6. The molecule has 0 saturated heterocycles. The monoisotopic (exact) mass is 431 g/mol. The van der Waals surface area contributed by atoms with Crippen molar-refractivity contribution in [2.24, 2.45) is 0 Å². The van der Waals surface area contributed by atoms with Gasteiger partial charge in [0.05, 0.1) is 19.4 Å². The average molecular weight is 432 g/mol. The molecule has 31 heavy (non-hydrogen) atoms. The third-order valence-electron chi connectivity index (χ3n) is 5.39. The zero-order valence-corrected chi connectivity index (χ0v) is 18.5. The molecule has 2 aromatic carbocycles. The third-order valence-corrected chi connectivity index (χ3v) is 5.80. The minimum absolute atomic E-state index is 0.0948. The number of aromatic nitrogens is 1. The number of rotatable bonds is 6. The summed E-state index contributed by atoms with van der Waals surface area (Å²) in [6.45, 7) is 5.61. The third kappa shape index (κ3) is 5.03. The number of nitrogens with zero attached hydrogens (tertiary/aromatic N) is 1.